The second kappa shape index (κ2) is 20.2. The number of unbranched alkanes of at least 4 members (excludes halogenated alkanes) is 13. The maximum Gasteiger partial charge on any atom is 0.106 e. The molecule has 0 fully saturated rings. The minimum Gasteiger partial charge on any atom is -0.229 e. The molecule has 2 unspecified atom stereocenters. The van der Waals surface area contributed by atoms with Gasteiger partial charge in [-0.3, -0.25) is 0 Å². The van der Waals surface area contributed by atoms with Crippen LogP contribution in [0.5, 0.6) is 0 Å². The molecule has 0 rings (SSSR count). The first-order chi connectivity index (χ1) is 13.6. The molecular formula is C27H55O. The van der Waals surface area contributed by atoms with E-state index in [1.54, 1.807) is 0 Å². The summed E-state index contributed by atoms with van der Waals surface area (Å²) in [6.07, 6.45) is 26.2. The van der Waals surface area contributed by atoms with Gasteiger partial charge in [0.25, 0.3) is 0 Å². The molecule has 0 aliphatic carbocycles. The smallest absolute Gasteiger partial charge is 0.106 e. The van der Waals surface area contributed by atoms with Crippen molar-refractivity contribution in [3.8, 4) is 0 Å². The summed E-state index contributed by atoms with van der Waals surface area (Å²) < 4.78 is 0. The highest BCUT2D eigenvalue weighted by Gasteiger charge is 2.36. The van der Waals surface area contributed by atoms with Crippen LogP contribution in [0, 0.1) is 5.92 Å². The quantitative estimate of drug-likeness (QED) is 0.162. The summed E-state index contributed by atoms with van der Waals surface area (Å²) in [7, 11) is 0. The van der Waals surface area contributed by atoms with Crippen LogP contribution in [0.3, 0.4) is 0 Å². The van der Waals surface area contributed by atoms with E-state index < -0.39 is 5.60 Å². The van der Waals surface area contributed by atoms with Crippen molar-refractivity contribution < 1.29 is 5.11 Å². The Morgan fingerprint density at radius 3 is 1.36 bits per heavy atom. The zero-order valence-corrected chi connectivity index (χ0v) is 20.3. The van der Waals surface area contributed by atoms with Gasteiger partial charge in [0.05, 0.1) is 0 Å². The summed E-state index contributed by atoms with van der Waals surface area (Å²) in [6, 6.07) is 0. The lowest BCUT2D eigenvalue weighted by molar-refractivity contribution is -0.0996. The third kappa shape index (κ3) is 14.9. The topological polar surface area (TPSA) is 19.9 Å². The van der Waals surface area contributed by atoms with Crippen molar-refractivity contribution in [2.75, 3.05) is 0 Å². The van der Waals surface area contributed by atoms with Crippen molar-refractivity contribution >= 4 is 0 Å². The lowest BCUT2D eigenvalue weighted by atomic mass is 9.74. The van der Waals surface area contributed by atoms with Gasteiger partial charge < -0.3 is 0 Å². The summed E-state index contributed by atoms with van der Waals surface area (Å²) in [5.41, 5.74) is -0.641. The minimum atomic E-state index is -0.641. The van der Waals surface area contributed by atoms with E-state index in [0.717, 1.165) is 25.7 Å². The van der Waals surface area contributed by atoms with Crippen molar-refractivity contribution in [3.05, 3.63) is 0 Å². The molecule has 0 aromatic rings. The first kappa shape index (κ1) is 28.0. The van der Waals surface area contributed by atoms with Crippen LogP contribution in [-0.4, -0.2) is 5.60 Å². The van der Waals surface area contributed by atoms with Crippen LogP contribution in [0.15, 0.2) is 0 Å². The highest BCUT2D eigenvalue weighted by Crippen LogP contribution is 2.37. The van der Waals surface area contributed by atoms with E-state index in [0.29, 0.717) is 5.92 Å². The van der Waals surface area contributed by atoms with E-state index in [1.807, 2.05) is 0 Å². The Hall–Kier alpha value is -0.0400. The molecule has 0 spiro atoms. The SMILES string of the molecule is CCCCCCCCC(CCCCC)C([O])(CCCC)CCCCCCCC. The van der Waals surface area contributed by atoms with E-state index >= 15 is 0 Å². The van der Waals surface area contributed by atoms with Gasteiger partial charge >= 0.3 is 0 Å². The highest BCUT2D eigenvalue weighted by molar-refractivity contribution is 4.86. The second-order valence-electron chi connectivity index (χ2n) is 9.44. The molecule has 0 saturated carbocycles. The van der Waals surface area contributed by atoms with Gasteiger partial charge in [0.15, 0.2) is 0 Å². The van der Waals surface area contributed by atoms with Crippen molar-refractivity contribution in [3.63, 3.8) is 0 Å². The molecule has 0 aliphatic rings. The minimum absolute atomic E-state index is 0.424. The molecule has 0 N–H and O–H groups in total. The van der Waals surface area contributed by atoms with Gasteiger partial charge in [0.1, 0.15) is 5.60 Å². The van der Waals surface area contributed by atoms with Crippen molar-refractivity contribution in [2.45, 2.75) is 168 Å². The van der Waals surface area contributed by atoms with Crippen LogP contribution in [0.2, 0.25) is 0 Å². The molecule has 0 aliphatic heterocycles. The van der Waals surface area contributed by atoms with Crippen molar-refractivity contribution in [1.29, 1.82) is 0 Å². The third-order valence-electron chi connectivity index (χ3n) is 6.71. The van der Waals surface area contributed by atoms with Gasteiger partial charge in [-0.2, -0.15) is 0 Å². The van der Waals surface area contributed by atoms with Crippen LogP contribution in [0.1, 0.15) is 163 Å². The number of hydrogen-bond donors (Lipinski definition) is 0. The fourth-order valence-electron chi connectivity index (χ4n) is 4.70. The molecule has 0 saturated heterocycles. The fraction of sp³-hybridized carbons (Fsp3) is 1.00. The Morgan fingerprint density at radius 1 is 0.464 bits per heavy atom. The molecular weight excluding hydrogens is 340 g/mol. The Balaban J connectivity index is 4.63. The average molecular weight is 396 g/mol. The molecule has 0 amide bonds. The Morgan fingerprint density at radius 2 is 0.821 bits per heavy atom. The molecule has 0 aromatic carbocycles. The summed E-state index contributed by atoms with van der Waals surface area (Å²) in [5.74, 6) is 0.424. The molecule has 1 nitrogen and oxygen atoms in total. The predicted molar refractivity (Wildman–Crippen MR) is 127 cm³/mol. The second-order valence-corrected chi connectivity index (χ2v) is 9.44. The predicted octanol–water partition coefficient (Wildman–Crippen LogP) is 10.0. The molecule has 0 heterocycles. The molecule has 169 valence electrons. The molecule has 28 heavy (non-hydrogen) atoms. The Bertz CT molecular complexity index is 301. The van der Waals surface area contributed by atoms with Gasteiger partial charge in [-0.05, 0) is 31.6 Å². The largest absolute Gasteiger partial charge is 0.229 e. The monoisotopic (exact) mass is 395 g/mol. The van der Waals surface area contributed by atoms with Crippen molar-refractivity contribution in [2.24, 2.45) is 5.92 Å². The number of hydrogen-bond acceptors (Lipinski definition) is 0. The maximum absolute atomic E-state index is 14.0. The molecule has 0 bridgehead atoms. The molecule has 1 radical (unpaired) electrons. The third-order valence-corrected chi connectivity index (χ3v) is 6.71. The fourth-order valence-corrected chi connectivity index (χ4v) is 4.70. The lowest BCUT2D eigenvalue weighted by Crippen LogP contribution is -2.37. The van der Waals surface area contributed by atoms with Gasteiger partial charge in [-0.25, -0.2) is 5.11 Å². The van der Waals surface area contributed by atoms with Gasteiger partial charge in [0, 0.05) is 0 Å². The van der Waals surface area contributed by atoms with Crippen molar-refractivity contribution in [1.82, 2.24) is 0 Å². The van der Waals surface area contributed by atoms with Crippen LogP contribution in [0.4, 0.5) is 0 Å². The summed E-state index contributed by atoms with van der Waals surface area (Å²) >= 11 is 0. The zero-order chi connectivity index (χ0) is 20.9. The number of rotatable bonds is 22. The van der Waals surface area contributed by atoms with E-state index in [2.05, 4.69) is 27.7 Å². The van der Waals surface area contributed by atoms with Gasteiger partial charge in [0.2, 0.25) is 0 Å². The van der Waals surface area contributed by atoms with E-state index in [-0.39, 0.29) is 0 Å². The zero-order valence-electron chi connectivity index (χ0n) is 20.3. The van der Waals surface area contributed by atoms with Gasteiger partial charge in [-0.1, -0.05) is 137 Å². The molecule has 0 aromatic heterocycles. The Labute approximate surface area is 179 Å². The maximum atomic E-state index is 14.0. The normalized spacial score (nSPS) is 14.9. The van der Waals surface area contributed by atoms with Crippen LogP contribution >= 0.6 is 0 Å². The van der Waals surface area contributed by atoms with E-state index in [4.69, 9.17) is 0 Å². The summed E-state index contributed by atoms with van der Waals surface area (Å²) in [4.78, 5) is 0. The van der Waals surface area contributed by atoms with Crippen LogP contribution in [0.25, 0.3) is 0 Å². The molecule has 2 atom stereocenters. The lowest BCUT2D eigenvalue weighted by Gasteiger charge is -2.35. The Kier molecular flexibility index (Phi) is 20.2. The highest BCUT2D eigenvalue weighted by atomic mass is 16.3. The standard InChI is InChI=1S/C27H55O/c1-5-9-13-15-17-20-23-26(22-19-11-7-3)27(28,24-12-8-4)25-21-18-16-14-10-6-2/h26H,5-25H2,1-4H3. The van der Waals surface area contributed by atoms with E-state index in [9.17, 15) is 5.11 Å². The first-order valence-corrected chi connectivity index (χ1v) is 13.3. The summed E-state index contributed by atoms with van der Waals surface area (Å²) in [5, 5.41) is 14.0. The van der Waals surface area contributed by atoms with Crippen LogP contribution < -0.4 is 0 Å². The summed E-state index contributed by atoms with van der Waals surface area (Å²) in [6.45, 7) is 9.08. The average Bonchev–Trinajstić information content (AvgIpc) is 2.70. The van der Waals surface area contributed by atoms with Gasteiger partial charge in [-0.15, -0.1) is 0 Å². The van der Waals surface area contributed by atoms with Crippen LogP contribution in [-0.2, 0) is 5.11 Å². The first-order valence-electron chi connectivity index (χ1n) is 13.3. The molecule has 1 heteroatoms. The van der Waals surface area contributed by atoms with E-state index in [1.165, 1.54) is 109 Å².